The fraction of sp³-hybridized carbons (Fsp3) is 0.500. The van der Waals surface area contributed by atoms with Gasteiger partial charge in [-0.3, -0.25) is 0 Å². The lowest BCUT2D eigenvalue weighted by Gasteiger charge is -2.17. The van der Waals surface area contributed by atoms with Crippen molar-refractivity contribution >= 4 is 11.6 Å². The molecule has 1 fully saturated rings. The zero-order valence-corrected chi connectivity index (χ0v) is 11.0. The Morgan fingerprint density at radius 2 is 2.16 bits per heavy atom. The summed E-state index contributed by atoms with van der Waals surface area (Å²) in [6, 6.07) is 3.51. The molecule has 0 atom stereocenters. The minimum absolute atomic E-state index is 0.367. The predicted octanol–water partition coefficient (Wildman–Crippen LogP) is 2.56. The molecule has 19 heavy (non-hydrogen) atoms. The zero-order valence-electron chi connectivity index (χ0n) is 11.0. The Bertz CT molecular complexity index is 600. The molecule has 0 aromatic carbocycles. The van der Waals surface area contributed by atoms with E-state index in [-0.39, 0.29) is 5.97 Å². The first-order valence-electron chi connectivity index (χ1n) is 6.73. The van der Waals surface area contributed by atoms with Gasteiger partial charge in [-0.2, -0.15) is 5.10 Å². The van der Waals surface area contributed by atoms with Gasteiger partial charge in [-0.05, 0) is 25.0 Å². The van der Waals surface area contributed by atoms with Crippen LogP contribution in [-0.2, 0) is 4.74 Å². The maximum absolute atomic E-state index is 11.7. The predicted molar refractivity (Wildman–Crippen MR) is 70.2 cm³/mol. The molecule has 5 nitrogen and oxygen atoms in total. The number of rotatable bonds is 2. The fourth-order valence-corrected chi connectivity index (χ4v) is 2.73. The number of carbonyl (C=O) groups excluding carboxylic acids is 1. The zero-order chi connectivity index (χ0) is 13.2. The summed E-state index contributed by atoms with van der Waals surface area (Å²) in [6.07, 6.45) is 7.89. The third kappa shape index (κ3) is 2.20. The molecular weight excluding hydrogens is 242 g/mol. The van der Waals surface area contributed by atoms with Gasteiger partial charge in [0.15, 0.2) is 11.5 Å². The average molecular weight is 259 g/mol. The molecule has 0 unspecified atom stereocenters. The molecule has 0 N–H and O–H groups in total. The van der Waals surface area contributed by atoms with Crippen molar-refractivity contribution in [2.75, 3.05) is 7.11 Å². The number of carbonyl (C=O) groups is 1. The molecule has 2 aromatic rings. The third-order valence-corrected chi connectivity index (χ3v) is 3.75. The van der Waals surface area contributed by atoms with Gasteiger partial charge in [0.05, 0.1) is 7.11 Å². The van der Waals surface area contributed by atoms with E-state index in [1.165, 1.54) is 26.4 Å². The molecular formula is C14H17N3O2. The van der Waals surface area contributed by atoms with Crippen LogP contribution < -0.4 is 0 Å². The van der Waals surface area contributed by atoms with Gasteiger partial charge in [0.25, 0.3) is 0 Å². The van der Waals surface area contributed by atoms with E-state index in [2.05, 4.69) is 10.1 Å². The van der Waals surface area contributed by atoms with E-state index in [1.807, 2.05) is 6.20 Å². The number of ether oxygens (including phenoxy) is 1. The maximum atomic E-state index is 11.7. The topological polar surface area (TPSA) is 56.5 Å². The summed E-state index contributed by atoms with van der Waals surface area (Å²) in [5, 5.41) is 4.51. The number of pyridine rings is 1. The first kappa shape index (κ1) is 12.1. The van der Waals surface area contributed by atoms with Crippen LogP contribution in [0.1, 0.15) is 54.2 Å². The molecule has 3 rings (SSSR count). The van der Waals surface area contributed by atoms with Crippen LogP contribution in [0.2, 0.25) is 0 Å². The highest BCUT2D eigenvalue weighted by Gasteiger charge is 2.21. The van der Waals surface area contributed by atoms with Crippen LogP contribution in [0, 0.1) is 0 Å². The molecule has 2 aromatic heterocycles. The van der Waals surface area contributed by atoms with E-state index in [4.69, 9.17) is 4.74 Å². The molecule has 2 heterocycles. The molecule has 0 amide bonds. The van der Waals surface area contributed by atoms with E-state index in [1.54, 1.807) is 16.6 Å². The standard InChI is InChI=1S/C14H17N3O2/c1-19-14(18)11-8-5-9-17-13(11)15-12(16-17)10-6-3-2-4-7-10/h5,8-10H,2-4,6-7H2,1H3. The van der Waals surface area contributed by atoms with Gasteiger partial charge in [-0.25, -0.2) is 14.3 Å². The quantitative estimate of drug-likeness (QED) is 0.778. The molecule has 0 radical (unpaired) electrons. The summed E-state index contributed by atoms with van der Waals surface area (Å²) in [7, 11) is 1.38. The monoisotopic (exact) mass is 259 g/mol. The molecule has 100 valence electrons. The van der Waals surface area contributed by atoms with E-state index in [0.717, 1.165) is 18.7 Å². The van der Waals surface area contributed by atoms with E-state index < -0.39 is 0 Å². The first-order valence-corrected chi connectivity index (χ1v) is 6.73. The molecule has 5 heteroatoms. The second-order valence-corrected chi connectivity index (χ2v) is 4.99. The van der Waals surface area contributed by atoms with Crippen molar-refractivity contribution in [2.45, 2.75) is 38.0 Å². The van der Waals surface area contributed by atoms with Crippen molar-refractivity contribution in [3.8, 4) is 0 Å². The highest BCUT2D eigenvalue weighted by atomic mass is 16.5. The highest BCUT2D eigenvalue weighted by molar-refractivity contribution is 5.95. The SMILES string of the molecule is COC(=O)c1cccn2nc(C3CCCCC3)nc12. The van der Waals surface area contributed by atoms with Crippen molar-refractivity contribution in [2.24, 2.45) is 0 Å². The summed E-state index contributed by atoms with van der Waals surface area (Å²) in [4.78, 5) is 16.3. The molecule has 1 aliphatic rings. The first-order chi connectivity index (χ1) is 9.29. The number of nitrogens with zero attached hydrogens (tertiary/aromatic N) is 3. The average Bonchev–Trinajstić information content (AvgIpc) is 2.91. The molecule has 0 aliphatic heterocycles. The molecule has 0 saturated heterocycles. The summed E-state index contributed by atoms with van der Waals surface area (Å²) in [5.74, 6) is 0.920. The van der Waals surface area contributed by atoms with E-state index in [0.29, 0.717) is 17.1 Å². The number of fused-ring (bicyclic) bond motifs is 1. The van der Waals surface area contributed by atoms with Crippen LogP contribution in [0.25, 0.3) is 5.65 Å². The summed E-state index contributed by atoms with van der Waals surface area (Å²) in [5.41, 5.74) is 1.06. The molecule has 0 bridgehead atoms. The van der Waals surface area contributed by atoms with Crippen LogP contribution in [-0.4, -0.2) is 27.7 Å². The molecule has 1 aliphatic carbocycles. The minimum atomic E-state index is -0.367. The number of hydrogen-bond donors (Lipinski definition) is 0. The second-order valence-electron chi connectivity index (χ2n) is 4.99. The lowest BCUT2D eigenvalue weighted by Crippen LogP contribution is -2.06. The highest BCUT2D eigenvalue weighted by Crippen LogP contribution is 2.31. The Hall–Kier alpha value is -1.91. The lowest BCUT2D eigenvalue weighted by molar-refractivity contribution is 0.0602. The molecule has 1 saturated carbocycles. The Morgan fingerprint density at radius 1 is 1.37 bits per heavy atom. The smallest absolute Gasteiger partial charge is 0.341 e. The third-order valence-electron chi connectivity index (χ3n) is 3.75. The Kier molecular flexibility index (Phi) is 3.19. The second kappa shape index (κ2) is 4.99. The lowest BCUT2D eigenvalue weighted by atomic mass is 9.89. The number of hydrogen-bond acceptors (Lipinski definition) is 4. The van der Waals surface area contributed by atoms with Crippen LogP contribution in [0.3, 0.4) is 0 Å². The van der Waals surface area contributed by atoms with Crippen molar-refractivity contribution < 1.29 is 9.53 Å². The minimum Gasteiger partial charge on any atom is -0.465 e. The van der Waals surface area contributed by atoms with Crippen LogP contribution in [0.15, 0.2) is 18.3 Å². The van der Waals surface area contributed by atoms with Crippen LogP contribution >= 0.6 is 0 Å². The van der Waals surface area contributed by atoms with Crippen molar-refractivity contribution in [1.82, 2.24) is 14.6 Å². The largest absolute Gasteiger partial charge is 0.465 e. The fourth-order valence-electron chi connectivity index (χ4n) is 2.73. The van der Waals surface area contributed by atoms with Crippen LogP contribution in [0.5, 0.6) is 0 Å². The summed E-state index contributed by atoms with van der Waals surface area (Å²) < 4.78 is 6.46. The number of methoxy groups -OCH3 is 1. The van der Waals surface area contributed by atoms with Gasteiger partial charge in [-0.15, -0.1) is 0 Å². The van der Waals surface area contributed by atoms with E-state index >= 15 is 0 Å². The normalized spacial score (nSPS) is 16.7. The van der Waals surface area contributed by atoms with Gasteiger partial charge in [0, 0.05) is 12.1 Å². The Labute approximate surface area is 111 Å². The summed E-state index contributed by atoms with van der Waals surface area (Å²) in [6.45, 7) is 0. The number of aromatic nitrogens is 3. The van der Waals surface area contributed by atoms with Crippen molar-refractivity contribution in [3.05, 3.63) is 29.7 Å². The summed E-state index contributed by atoms with van der Waals surface area (Å²) >= 11 is 0. The van der Waals surface area contributed by atoms with Gasteiger partial charge >= 0.3 is 5.97 Å². The van der Waals surface area contributed by atoms with E-state index in [9.17, 15) is 4.79 Å². The number of esters is 1. The molecule has 0 spiro atoms. The van der Waals surface area contributed by atoms with Crippen LogP contribution in [0.4, 0.5) is 0 Å². The van der Waals surface area contributed by atoms with Crippen molar-refractivity contribution in [1.29, 1.82) is 0 Å². The van der Waals surface area contributed by atoms with Gasteiger partial charge in [0.1, 0.15) is 5.56 Å². The van der Waals surface area contributed by atoms with Gasteiger partial charge in [-0.1, -0.05) is 19.3 Å². The Balaban J connectivity index is 2.02. The van der Waals surface area contributed by atoms with Gasteiger partial charge < -0.3 is 4.74 Å². The van der Waals surface area contributed by atoms with Crippen molar-refractivity contribution in [3.63, 3.8) is 0 Å². The Morgan fingerprint density at radius 3 is 2.89 bits per heavy atom. The van der Waals surface area contributed by atoms with Gasteiger partial charge in [0.2, 0.25) is 0 Å². The maximum Gasteiger partial charge on any atom is 0.341 e.